The van der Waals surface area contributed by atoms with Gasteiger partial charge < -0.3 is 10.1 Å². The van der Waals surface area contributed by atoms with Crippen molar-refractivity contribution < 1.29 is 14.7 Å². The Kier molecular flexibility index (Phi) is 3.05. The number of carboxylic acids is 1. The largest absolute Gasteiger partial charge is 0.478 e. The van der Waals surface area contributed by atoms with E-state index in [1.165, 1.54) is 25.3 Å². The molecule has 0 saturated heterocycles. The highest BCUT2D eigenvalue weighted by atomic mass is 16.4. The molecule has 0 aliphatic rings. The van der Waals surface area contributed by atoms with Crippen LogP contribution in [0.3, 0.4) is 0 Å². The van der Waals surface area contributed by atoms with Crippen molar-refractivity contribution in [2.45, 2.75) is 6.92 Å². The molecular weight excluding hydrogens is 236 g/mol. The molecule has 0 saturated carbocycles. The van der Waals surface area contributed by atoms with Crippen LogP contribution in [0.4, 0.5) is 5.95 Å². The van der Waals surface area contributed by atoms with Gasteiger partial charge in [0.05, 0.1) is 11.3 Å². The average Bonchev–Trinajstić information content (AvgIpc) is 2.81. The lowest BCUT2D eigenvalue weighted by Crippen LogP contribution is -2.16. The molecule has 0 aliphatic carbocycles. The number of H-pyrrole nitrogens is 1. The number of carbonyl (C=O) groups excluding carboxylic acids is 1. The number of aromatic nitrogens is 3. The number of carbonyl (C=O) groups is 2. The Balaban J connectivity index is 2.21. The zero-order valence-electron chi connectivity index (χ0n) is 9.47. The molecule has 92 valence electrons. The molecule has 3 N–H and O–H groups in total. The maximum atomic E-state index is 11.8. The molecule has 0 fully saturated rings. The average molecular weight is 246 g/mol. The van der Waals surface area contributed by atoms with E-state index < -0.39 is 11.9 Å². The van der Waals surface area contributed by atoms with Gasteiger partial charge in [-0.15, -0.1) is 0 Å². The number of hydrogen-bond acceptors (Lipinski definition) is 4. The molecule has 2 heterocycles. The molecule has 2 aromatic rings. The van der Waals surface area contributed by atoms with E-state index in [4.69, 9.17) is 5.11 Å². The smallest absolute Gasteiger partial charge is 0.337 e. The van der Waals surface area contributed by atoms with E-state index in [0.29, 0.717) is 5.95 Å². The van der Waals surface area contributed by atoms with Crippen LogP contribution in [0, 0.1) is 6.92 Å². The van der Waals surface area contributed by atoms with Crippen LogP contribution in [0.1, 0.15) is 26.5 Å². The fraction of sp³-hybridized carbons (Fsp3) is 0.0909. The van der Waals surface area contributed by atoms with E-state index in [1.807, 2.05) is 0 Å². The maximum Gasteiger partial charge on any atom is 0.337 e. The third-order valence-corrected chi connectivity index (χ3v) is 2.28. The first-order valence-corrected chi connectivity index (χ1v) is 5.09. The predicted octanol–water partition coefficient (Wildman–Crippen LogP) is 1.06. The van der Waals surface area contributed by atoms with Crippen LogP contribution < -0.4 is 5.32 Å². The number of nitrogens with zero attached hydrogens (tertiary/aromatic N) is 2. The fourth-order valence-corrected chi connectivity index (χ4v) is 1.42. The molecule has 0 spiro atoms. The standard InChI is InChI=1S/C11H10N4O3/c1-6-7(10(17)18)2-3-8(14-6)9(16)15-11-12-4-5-13-11/h2-5H,1H3,(H,17,18)(H2,12,13,15,16). The van der Waals surface area contributed by atoms with Gasteiger partial charge in [0.1, 0.15) is 5.69 Å². The molecule has 7 heteroatoms. The molecule has 2 aromatic heterocycles. The SMILES string of the molecule is Cc1nc(C(=O)Nc2ncc[nH]2)ccc1C(=O)O. The van der Waals surface area contributed by atoms with Crippen LogP contribution in [-0.4, -0.2) is 31.9 Å². The highest BCUT2D eigenvalue weighted by Crippen LogP contribution is 2.08. The summed E-state index contributed by atoms with van der Waals surface area (Å²) in [6, 6.07) is 2.70. The second kappa shape index (κ2) is 4.66. The van der Waals surface area contributed by atoms with Crippen molar-refractivity contribution in [1.29, 1.82) is 0 Å². The van der Waals surface area contributed by atoms with Crippen LogP contribution >= 0.6 is 0 Å². The summed E-state index contributed by atoms with van der Waals surface area (Å²) in [6.07, 6.45) is 3.07. The number of aryl methyl sites for hydroxylation is 1. The maximum absolute atomic E-state index is 11.8. The van der Waals surface area contributed by atoms with Crippen molar-refractivity contribution in [3.8, 4) is 0 Å². The van der Waals surface area contributed by atoms with E-state index in [0.717, 1.165) is 0 Å². The summed E-state index contributed by atoms with van der Waals surface area (Å²) < 4.78 is 0. The normalized spacial score (nSPS) is 10.1. The molecule has 0 atom stereocenters. The van der Waals surface area contributed by atoms with Crippen molar-refractivity contribution in [1.82, 2.24) is 15.0 Å². The molecule has 18 heavy (non-hydrogen) atoms. The monoisotopic (exact) mass is 246 g/mol. The van der Waals surface area contributed by atoms with Crippen LogP contribution in [0.15, 0.2) is 24.5 Å². The molecule has 0 unspecified atom stereocenters. The van der Waals surface area contributed by atoms with E-state index in [9.17, 15) is 9.59 Å². The van der Waals surface area contributed by atoms with E-state index >= 15 is 0 Å². The summed E-state index contributed by atoms with van der Waals surface area (Å²) in [5.74, 6) is -1.22. The summed E-state index contributed by atoms with van der Waals surface area (Å²) in [4.78, 5) is 33.1. The lowest BCUT2D eigenvalue weighted by molar-refractivity contribution is 0.0695. The number of anilines is 1. The minimum Gasteiger partial charge on any atom is -0.478 e. The molecule has 7 nitrogen and oxygen atoms in total. The highest BCUT2D eigenvalue weighted by molar-refractivity contribution is 6.02. The summed E-state index contributed by atoms with van der Waals surface area (Å²) in [6.45, 7) is 1.53. The topological polar surface area (TPSA) is 108 Å². The molecule has 0 radical (unpaired) electrons. The van der Waals surface area contributed by atoms with Gasteiger partial charge in [-0.2, -0.15) is 0 Å². The lowest BCUT2D eigenvalue weighted by atomic mass is 10.2. The Hall–Kier alpha value is -2.70. The Morgan fingerprint density at radius 1 is 1.39 bits per heavy atom. The summed E-state index contributed by atoms with van der Waals surface area (Å²) in [5, 5.41) is 11.3. The number of amides is 1. The quantitative estimate of drug-likeness (QED) is 0.750. The minimum atomic E-state index is -1.07. The Labute approximate surface area is 102 Å². The van der Waals surface area contributed by atoms with Gasteiger partial charge in [-0.05, 0) is 19.1 Å². The third kappa shape index (κ3) is 2.34. The van der Waals surface area contributed by atoms with Crippen molar-refractivity contribution in [2.24, 2.45) is 0 Å². The number of pyridine rings is 1. The first-order chi connectivity index (χ1) is 8.58. The van der Waals surface area contributed by atoms with Crippen molar-refractivity contribution >= 4 is 17.8 Å². The summed E-state index contributed by atoms with van der Waals surface area (Å²) in [7, 11) is 0. The number of imidazole rings is 1. The van der Waals surface area contributed by atoms with Gasteiger partial charge >= 0.3 is 5.97 Å². The highest BCUT2D eigenvalue weighted by Gasteiger charge is 2.13. The number of carboxylic acid groups (broad SMARTS) is 1. The molecule has 0 aromatic carbocycles. The van der Waals surface area contributed by atoms with Gasteiger partial charge in [-0.3, -0.25) is 10.1 Å². The Morgan fingerprint density at radius 2 is 2.17 bits per heavy atom. The van der Waals surface area contributed by atoms with Gasteiger partial charge in [0.25, 0.3) is 5.91 Å². The van der Waals surface area contributed by atoms with Crippen LogP contribution in [0.5, 0.6) is 0 Å². The number of nitrogens with one attached hydrogen (secondary N) is 2. The zero-order valence-corrected chi connectivity index (χ0v) is 9.47. The van der Waals surface area contributed by atoms with Crippen LogP contribution in [-0.2, 0) is 0 Å². The van der Waals surface area contributed by atoms with Gasteiger partial charge in [-0.25, -0.2) is 14.8 Å². The minimum absolute atomic E-state index is 0.0737. The van der Waals surface area contributed by atoms with Crippen molar-refractivity contribution in [2.75, 3.05) is 5.32 Å². The number of rotatable bonds is 3. The predicted molar refractivity (Wildman–Crippen MR) is 62.5 cm³/mol. The van der Waals surface area contributed by atoms with Crippen molar-refractivity contribution in [3.63, 3.8) is 0 Å². The molecule has 2 rings (SSSR count). The molecule has 1 amide bonds. The fourth-order valence-electron chi connectivity index (χ4n) is 1.42. The molecular formula is C11H10N4O3. The van der Waals surface area contributed by atoms with E-state index in [2.05, 4.69) is 20.3 Å². The van der Waals surface area contributed by atoms with Crippen LogP contribution in [0.25, 0.3) is 0 Å². The number of aromatic carboxylic acids is 1. The summed E-state index contributed by atoms with van der Waals surface area (Å²) in [5.41, 5.74) is 0.494. The zero-order chi connectivity index (χ0) is 13.1. The second-order valence-corrected chi connectivity index (χ2v) is 3.53. The van der Waals surface area contributed by atoms with Gasteiger partial charge in [0.15, 0.2) is 0 Å². The first kappa shape index (κ1) is 11.8. The van der Waals surface area contributed by atoms with Gasteiger partial charge in [0.2, 0.25) is 5.95 Å². The third-order valence-electron chi connectivity index (χ3n) is 2.28. The number of hydrogen-bond donors (Lipinski definition) is 3. The Bertz CT molecular complexity index is 592. The van der Waals surface area contributed by atoms with Gasteiger partial charge in [-0.1, -0.05) is 0 Å². The van der Waals surface area contributed by atoms with Gasteiger partial charge in [0, 0.05) is 12.4 Å². The van der Waals surface area contributed by atoms with E-state index in [1.54, 1.807) is 6.20 Å². The lowest BCUT2D eigenvalue weighted by Gasteiger charge is -2.04. The van der Waals surface area contributed by atoms with E-state index in [-0.39, 0.29) is 17.0 Å². The van der Waals surface area contributed by atoms with Crippen LogP contribution in [0.2, 0.25) is 0 Å². The number of aromatic amines is 1. The van der Waals surface area contributed by atoms with Crippen molar-refractivity contribution in [3.05, 3.63) is 41.5 Å². The molecule has 0 aliphatic heterocycles. The second-order valence-electron chi connectivity index (χ2n) is 3.53. The molecule has 0 bridgehead atoms. The summed E-state index contributed by atoms with van der Waals surface area (Å²) >= 11 is 0. The first-order valence-electron chi connectivity index (χ1n) is 5.09. The Morgan fingerprint density at radius 3 is 2.72 bits per heavy atom.